The first-order valence-electron chi connectivity index (χ1n) is 6.77. The largest absolute Gasteiger partial charge is 0.378 e. The quantitative estimate of drug-likeness (QED) is 0.817. The molecule has 0 atom stereocenters. The second-order valence-corrected chi connectivity index (χ2v) is 6.86. The molecule has 1 aromatic carbocycles. The Morgan fingerprint density at radius 2 is 1.67 bits per heavy atom. The third-order valence-electron chi connectivity index (χ3n) is 3.01. The predicted octanol–water partition coefficient (Wildman–Crippen LogP) is 1.04. The highest BCUT2D eigenvalue weighted by Gasteiger charge is 2.17. The lowest BCUT2D eigenvalue weighted by atomic mass is 10.2. The van der Waals surface area contributed by atoms with Gasteiger partial charge in [-0.2, -0.15) is 0 Å². The number of nitrogens with one attached hydrogen (secondary N) is 1. The van der Waals surface area contributed by atoms with Gasteiger partial charge in [0.15, 0.2) is 0 Å². The first-order chi connectivity index (χ1) is 9.75. The highest BCUT2D eigenvalue weighted by molar-refractivity contribution is 7.92. The Kier molecular flexibility index (Phi) is 6.02. The Bertz CT molecular complexity index is 568. The van der Waals surface area contributed by atoms with Crippen LogP contribution in [0.2, 0.25) is 0 Å². The summed E-state index contributed by atoms with van der Waals surface area (Å²) < 4.78 is 25.1. The first-order valence-corrected chi connectivity index (χ1v) is 8.62. The van der Waals surface area contributed by atoms with Crippen molar-refractivity contribution in [1.82, 2.24) is 5.32 Å². The first kappa shape index (κ1) is 17.3. The second kappa shape index (κ2) is 7.31. The van der Waals surface area contributed by atoms with Gasteiger partial charge in [0.2, 0.25) is 15.9 Å². The number of nitrogens with zero attached hydrogens (tertiary/aromatic N) is 2. The fourth-order valence-corrected chi connectivity index (χ4v) is 2.75. The lowest BCUT2D eigenvalue weighted by Gasteiger charge is -2.23. The van der Waals surface area contributed by atoms with Crippen LogP contribution in [0.1, 0.15) is 13.3 Å². The van der Waals surface area contributed by atoms with Gasteiger partial charge in [0.1, 0.15) is 0 Å². The van der Waals surface area contributed by atoms with Crippen molar-refractivity contribution < 1.29 is 13.2 Å². The van der Waals surface area contributed by atoms with E-state index in [2.05, 4.69) is 5.32 Å². The molecule has 0 fully saturated rings. The maximum atomic E-state index is 11.9. The van der Waals surface area contributed by atoms with Crippen molar-refractivity contribution in [3.63, 3.8) is 0 Å². The van der Waals surface area contributed by atoms with E-state index in [-0.39, 0.29) is 19.0 Å². The molecule has 6 nitrogen and oxygen atoms in total. The van der Waals surface area contributed by atoms with E-state index in [9.17, 15) is 13.2 Å². The molecule has 118 valence electrons. The molecule has 0 saturated carbocycles. The summed E-state index contributed by atoms with van der Waals surface area (Å²) in [6.45, 7) is 2.25. The van der Waals surface area contributed by atoms with Crippen molar-refractivity contribution >= 4 is 27.3 Å². The van der Waals surface area contributed by atoms with E-state index in [1.807, 2.05) is 31.1 Å². The number of carbonyl (C=O) groups excluding carboxylic acids is 1. The molecule has 0 saturated heterocycles. The Hall–Kier alpha value is -1.76. The zero-order chi connectivity index (χ0) is 16.0. The summed E-state index contributed by atoms with van der Waals surface area (Å²) in [5.74, 6) is -0.0913. The van der Waals surface area contributed by atoms with Crippen LogP contribution in [0.3, 0.4) is 0 Å². The minimum atomic E-state index is -3.39. The van der Waals surface area contributed by atoms with Crippen molar-refractivity contribution in [2.75, 3.05) is 42.6 Å². The number of amides is 1. The molecule has 0 aliphatic rings. The number of rotatable bonds is 7. The summed E-state index contributed by atoms with van der Waals surface area (Å²) in [4.78, 5) is 13.2. The summed E-state index contributed by atoms with van der Waals surface area (Å²) in [7, 11) is 0.453. The van der Waals surface area contributed by atoms with Crippen molar-refractivity contribution in [2.24, 2.45) is 0 Å². The van der Waals surface area contributed by atoms with E-state index in [1.165, 1.54) is 4.31 Å². The van der Waals surface area contributed by atoms with Gasteiger partial charge in [0.05, 0.1) is 18.5 Å². The van der Waals surface area contributed by atoms with Crippen LogP contribution in [0, 0.1) is 0 Å². The molecule has 0 spiro atoms. The van der Waals surface area contributed by atoms with Crippen LogP contribution in [0.25, 0.3) is 0 Å². The van der Waals surface area contributed by atoms with Crippen molar-refractivity contribution in [2.45, 2.75) is 13.3 Å². The molecule has 0 unspecified atom stereocenters. The standard InChI is InChI=1S/C14H23N3O3S/c1-5-14(18)15-10-11-17(21(4,19)20)13-8-6-12(7-9-13)16(2)3/h6-9H,5,10-11H2,1-4H3,(H,15,18). The summed E-state index contributed by atoms with van der Waals surface area (Å²) in [5, 5.41) is 2.68. The lowest BCUT2D eigenvalue weighted by Crippen LogP contribution is -2.38. The summed E-state index contributed by atoms with van der Waals surface area (Å²) in [6, 6.07) is 7.24. The monoisotopic (exact) mass is 313 g/mol. The van der Waals surface area contributed by atoms with Gasteiger partial charge in [-0.1, -0.05) is 6.92 Å². The van der Waals surface area contributed by atoms with Gasteiger partial charge in [-0.3, -0.25) is 9.10 Å². The Balaban J connectivity index is 2.85. The average molecular weight is 313 g/mol. The highest BCUT2D eigenvalue weighted by atomic mass is 32.2. The molecule has 0 aromatic heterocycles. The molecule has 0 heterocycles. The number of carbonyl (C=O) groups is 1. The molecule has 0 aliphatic carbocycles. The number of hydrogen-bond acceptors (Lipinski definition) is 4. The van der Waals surface area contributed by atoms with Gasteiger partial charge in [0, 0.05) is 32.7 Å². The van der Waals surface area contributed by atoms with E-state index < -0.39 is 10.0 Å². The number of hydrogen-bond donors (Lipinski definition) is 1. The third kappa shape index (κ3) is 5.26. The van der Waals surface area contributed by atoms with Crippen LogP contribution in [-0.2, 0) is 14.8 Å². The van der Waals surface area contributed by atoms with Gasteiger partial charge >= 0.3 is 0 Å². The van der Waals surface area contributed by atoms with Crippen LogP contribution in [0.15, 0.2) is 24.3 Å². The second-order valence-electron chi connectivity index (χ2n) is 4.95. The topological polar surface area (TPSA) is 69.7 Å². The van der Waals surface area contributed by atoms with Gasteiger partial charge in [0.25, 0.3) is 0 Å². The number of sulfonamides is 1. The summed E-state index contributed by atoms with van der Waals surface area (Å²) in [5.41, 5.74) is 1.58. The molecule has 1 aromatic rings. The average Bonchev–Trinajstić information content (AvgIpc) is 2.42. The third-order valence-corrected chi connectivity index (χ3v) is 4.21. The molecule has 7 heteroatoms. The van der Waals surface area contributed by atoms with Crippen LogP contribution in [-0.4, -0.2) is 47.8 Å². The molecule has 21 heavy (non-hydrogen) atoms. The van der Waals surface area contributed by atoms with Crippen LogP contribution in [0.4, 0.5) is 11.4 Å². The Labute approximate surface area is 126 Å². The lowest BCUT2D eigenvalue weighted by molar-refractivity contribution is -0.120. The van der Waals surface area contributed by atoms with Gasteiger partial charge < -0.3 is 10.2 Å². The van der Waals surface area contributed by atoms with E-state index in [1.54, 1.807) is 19.1 Å². The maximum Gasteiger partial charge on any atom is 0.232 e. The SMILES string of the molecule is CCC(=O)NCCN(c1ccc(N(C)C)cc1)S(C)(=O)=O. The van der Waals surface area contributed by atoms with E-state index >= 15 is 0 Å². The van der Waals surface area contributed by atoms with Crippen LogP contribution in [0.5, 0.6) is 0 Å². The number of benzene rings is 1. The molecule has 0 bridgehead atoms. The van der Waals surface area contributed by atoms with E-state index in [4.69, 9.17) is 0 Å². The van der Waals surface area contributed by atoms with Crippen molar-refractivity contribution in [3.8, 4) is 0 Å². The summed E-state index contributed by atoms with van der Waals surface area (Å²) in [6.07, 6.45) is 1.55. The van der Waals surface area contributed by atoms with E-state index in [0.717, 1.165) is 11.9 Å². The number of anilines is 2. The van der Waals surface area contributed by atoms with Crippen molar-refractivity contribution in [1.29, 1.82) is 0 Å². The normalized spacial score (nSPS) is 11.0. The summed E-state index contributed by atoms with van der Waals surface area (Å²) >= 11 is 0. The van der Waals surface area contributed by atoms with E-state index in [0.29, 0.717) is 12.1 Å². The highest BCUT2D eigenvalue weighted by Crippen LogP contribution is 2.21. The molecule has 1 N–H and O–H groups in total. The van der Waals surface area contributed by atoms with Crippen LogP contribution < -0.4 is 14.5 Å². The van der Waals surface area contributed by atoms with Gasteiger partial charge in [-0.25, -0.2) is 8.42 Å². The maximum absolute atomic E-state index is 11.9. The molecule has 0 radical (unpaired) electrons. The molecule has 1 amide bonds. The smallest absolute Gasteiger partial charge is 0.232 e. The fraction of sp³-hybridized carbons (Fsp3) is 0.500. The zero-order valence-corrected chi connectivity index (χ0v) is 13.8. The van der Waals surface area contributed by atoms with Gasteiger partial charge in [-0.15, -0.1) is 0 Å². The van der Waals surface area contributed by atoms with Crippen LogP contribution >= 0.6 is 0 Å². The Morgan fingerprint density at radius 1 is 1.14 bits per heavy atom. The zero-order valence-electron chi connectivity index (χ0n) is 13.0. The molecule has 0 aliphatic heterocycles. The minimum absolute atomic E-state index is 0.0913. The molecular weight excluding hydrogens is 290 g/mol. The molecule has 1 rings (SSSR count). The van der Waals surface area contributed by atoms with Crippen molar-refractivity contribution in [3.05, 3.63) is 24.3 Å². The predicted molar refractivity (Wildman–Crippen MR) is 86.3 cm³/mol. The Morgan fingerprint density at radius 3 is 2.10 bits per heavy atom. The minimum Gasteiger partial charge on any atom is -0.378 e. The molecular formula is C14H23N3O3S. The van der Waals surface area contributed by atoms with Gasteiger partial charge in [-0.05, 0) is 24.3 Å². The fourth-order valence-electron chi connectivity index (χ4n) is 1.83.